The van der Waals surface area contributed by atoms with Crippen molar-refractivity contribution in [3.63, 3.8) is 0 Å². The number of allylic oxidation sites excluding steroid dienone is 1. The predicted octanol–water partition coefficient (Wildman–Crippen LogP) is 9.39. The van der Waals surface area contributed by atoms with Crippen molar-refractivity contribution in [3.8, 4) is 11.8 Å². The molecule has 2 atom stereocenters. The van der Waals surface area contributed by atoms with Gasteiger partial charge in [0, 0.05) is 6.42 Å². The van der Waals surface area contributed by atoms with Crippen molar-refractivity contribution in [1.82, 2.24) is 0 Å². The Kier molecular flexibility index (Phi) is 12.3. The second kappa shape index (κ2) is 14.3. The first-order valence-electron chi connectivity index (χ1n) is 15.0. The lowest BCUT2D eigenvalue weighted by atomic mass is 10.1. The number of carbonyl (C=O) groups is 1. The predicted molar refractivity (Wildman–Crippen MR) is 170 cm³/mol. The number of benzene rings is 1. The quantitative estimate of drug-likeness (QED) is 0.160. The number of cyclic esters (lactones) is 1. The Morgan fingerprint density at radius 3 is 1.77 bits per heavy atom. The number of hydrogen-bond donors (Lipinski definition) is 0. The highest BCUT2D eigenvalue weighted by molar-refractivity contribution is 6.78. The van der Waals surface area contributed by atoms with Crippen molar-refractivity contribution in [1.29, 1.82) is 0 Å². The Labute approximate surface area is 241 Å². The normalized spacial score (nSPS) is 20.1. The highest BCUT2D eigenvalue weighted by Crippen LogP contribution is 2.46. The molecule has 2 rings (SSSR count). The van der Waals surface area contributed by atoms with E-state index in [1.165, 1.54) is 0 Å². The molecule has 0 saturated carbocycles. The molecule has 0 aromatic heterocycles. The van der Waals surface area contributed by atoms with Crippen molar-refractivity contribution in [2.24, 2.45) is 0 Å². The molecule has 0 N–H and O–H groups in total. The van der Waals surface area contributed by atoms with E-state index in [4.69, 9.17) is 13.6 Å². The first kappa shape index (κ1) is 33.5. The van der Waals surface area contributed by atoms with Crippen molar-refractivity contribution in [3.05, 3.63) is 41.5 Å². The summed E-state index contributed by atoms with van der Waals surface area (Å²) in [7, 11) is -4.54. The van der Waals surface area contributed by atoms with Crippen LogP contribution in [0.15, 0.2) is 30.3 Å². The highest BCUT2D eigenvalue weighted by atomic mass is 28.4. The second-order valence-electron chi connectivity index (χ2n) is 13.0. The number of fused-ring (bicyclic) bond motifs is 1. The Bertz CT molecular complexity index is 986. The number of rotatable bonds is 10. The van der Waals surface area contributed by atoms with Crippen LogP contribution in [0.4, 0.5) is 0 Å². The van der Waals surface area contributed by atoms with E-state index in [9.17, 15) is 4.79 Å². The van der Waals surface area contributed by atoms with Gasteiger partial charge in [0.05, 0.1) is 18.3 Å². The van der Waals surface area contributed by atoms with Crippen LogP contribution < -0.4 is 0 Å². The molecule has 4 nitrogen and oxygen atoms in total. The SMILES string of the molecule is CC(C)[Si](O[C@H]1C#C/C=C/c2ccccc2C(=O)OCC[C@@H]1O[Si](C(C)C)(C(C)C)C(C)C)(C(C)C)C(C)C. The smallest absolute Gasteiger partial charge is 0.338 e. The van der Waals surface area contributed by atoms with E-state index in [1.807, 2.05) is 36.4 Å². The molecule has 0 unspecified atom stereocenters. The average Bonchev–Trinajstić information content (AvgIpc) is 2.83. The van der Waals surface area contributed by atoms with Gasteiger partial charge in [-0.1, -0.05) is 113 Å². The van der Waals surface area contributed by atoms with E-state index in [-0.39, 0.29) is 18.7 Å². The van der Waals surface area contributed by atoms with Crippen molar-refractivity contribution < 1.29 is 18.4 Å². The maximum absolute atomic E-state index is 13.1. The third kappa shape index (κ3) is 7.35. The Hall–Kier alpha value is -1.66. The van der Waals surface area contributed by atoms with E-state index >= 15 is 0 Å². The molecule has 0 radical (unpaired) electrons. The summed E-state index contributed by atoms with van der Waals surface area (Å²) in [4.78, 5) is 13.1. The lowest BCUT2D eigenvalue weighted by Gasteiger charge is -2.48. The van der Waals surface area contributed by atoms with E-state index < -0.39 is 22.7 Å². The molecular weight excluding hydrogens is 517 g/mol. The van der Waals surface area contributed by atoms with Gasteiger partial charge in [0.1, 0.15) is 6.10 Å². The molecule has 0 spiro atoms. The summed E-state index contributed by atoms with van der Waals surface area (Å²) in [5.41, 5.74) is 3.89. The van der Waals surface area contributed by atoms with Gasteiger partial charge in [0.25, 0.3) is 0 Å². The summed E-state index contributed by atoms with van der Waals surface area (Å²) in [6.45, 7) is 27.9. The summed E-state index contributed by atoms with van der Waals surface area (Å²) in [5.74, 6) is 6.51. The lowest BCUT2D eigenvalue weighted by Crippen LogP contribution is -2.56. The molecule has 0 amide bonds. The monoisotopic (exact) mass is 570 g/mol. The Morgan fingerprint density at radius 2 is 1.26 bits per heavy atom. The summed E-state index contributed by atoms with van der Waals surface area (Å²) < 4.78 is 20.6. The van der Waals surface area contributed by atoms with Crippen LogP contribution in [-0.4, -0.2) is 41.4 Å². The molecule has 218 valence electrons. The molecule has 1 aromatic rings. The maximum atomic E-state index is 13.1. The van der Waals surface area contributed by atoms with Gasteiger partial charge in [-0.3, -0.25) is 0 Å². The molecule has 39 heavy (non-hydrogen) atoms. The fraction of sp³-hybridized carbons (Fsp3) is 0.667. The number of hydrogen-bond acceptors (Lipinski definition) is 4. The molecule has 1 aromatic carbocycles. The summed E-state index contributed by atoms with van der Waals surface area (Å²) >= 11 is 0. The molecule has 0 fully saturated rings. The summed E-state index contributed by atoms with van der Waals surface area (Å²) in [6.07, 6.45) is 3.60. The van der Waals surface area contributed by atoms with Crippen LogP contribution in [0.5, 0.6) is 0 Å². The van der Waals surface area contributed by atoms with Gasteiger partial charge in [0.15, 0.2) is 0 Å². The van der Waals surface area contributed by atoms with Crippen LogP contribution in [0.1, 0.15) is 105 Å². The molecule has 1 aliphatic heterocycles. The topological polar surface area (TPSA) is 44.8 Å². The molecule has 0 saturated heterocycles. The first-order valence-corrected chi connectivity index (χ1v) is 19.3. The summed E-state index contributed by atoms with van der Waals surface area (Å²) in [6, 6.07) is 7.52. The zero-order valence-corrected chi connectivity index (χ0v) is 28.6. The van der Waals surface area contributed by atoms with E-state index in [2.05, 4.69) is 94.9 Å². The number of esters is 1. The number of ether oxygens (including phenoxy) is 1. The van der Waals surface area contributed by atoms with E-state index in [1.54, 1.807) is 0 Å². The van der Waals surface area contributed by atoms with E-state index in [0.29, 0.717) is 45.2 Å². The molecule has 0 bridgehead atoms. The highest BCUT2D eigenvalue weighted by Gasteiger charge is 2.51. The molecule has 6 heteroatoms. The fourth-order valence-corrected chi connectivity index (χ4v) is 18.3. The summed E-state index contributed by atoms with van der Waals surface area (Å²) in [5, 5.41) is 0. The Balaban J connectivity index is 2.71. The zero-order valence-electron chi connectivity index (χ0n) is 26.6. The second-order valence-corrected chi connectivity index (χ2v) is 23.8. The van der Waals surface area contributed by atoms with E-state index in [0.717, 1.165) is 5.56 Å². The van der Waals surface area contributed by atoms with Crippen molar-refractivity contribution in [2.75, 3.05) is 6.61 Å². The molecule has 1 heterocycles. The molecular formula is C33H54O4Si2. The van der Waals surface area contributed by atoms with Crippen LogP contribution in [0.3, 0.4) is 0 Å². The third-order valence-electron chi connectivity index (χ3n) is 8.83. The lowest BCUT2D eigenvalue weighted by molar-refractivity contribution is 0.0253. The zero-order chi connectivity index (χ0) is 29.5. The van der Waals surface area contributed by atoms with Crippen LogP contribution in [0.25, 0.3) is 6.08 Å². The minimum Gasteiger partial charge on any atom is -0.462 e. The first-order chi connectivity index (χ1) is 18.2. The minimum atomic E-state index is -2.27. The van der Waals surface area contributed by atoms with Crippen LogP contribution in [0, 0.1) is 11.8 Å². The standard InChI is InChI=1S/C33H54O4Si2/c1-23(2)38(24(3)4,25(5)6)36-31-20-16-14-18-29-17-13-15-19-30(29)33(34)35-22-21-32(31)37-39(26(7)8,27(9)10)28(11)12/h13-15,17-19,23-28,31-32H,21-22H2,1-12H3/b18-14+/t31-,32-/m0/s1. The number of carbonyl (C=O) groups excluding carboxylic acids is 1. The third-order valence-corrected chi connectivity index (χ3v) is 21.0. The Morgan fingerprint density at radius 1 is 0.769 bits per heavy atom. The van der Waals surface area contributed by atoms with Gasteiger partial charge in [-0.15, -0.1) is 0 Å². The minimum absolute atomic E-state index is 0.265. The van der Waals surface area contributed by atoms with Crippen LogP contribution >= 0.6 is 0 Å². The van der Waals surface area contributed by atoms with Crippen molar-refractivity contribution in [2.45, 2.75) is 135 Å². The fourth-order valence-electron chi connectivity index (χ4n) is 7.20. The van der Waals surface area contributed by atoms with Crippen molar-refractivity contribution >= 4 is 28.7 Å². The van der Waals surface area contributed by atoms with Crippen LogP contribution in [0.2, 0.25) is 33.2 Å². The van der Waals surface area contributed by atoms with Gasteiger partial charge in [0.2, 0.25) is 16.6 Å². The maximum Gasteiger partial charge on any atom is 0.338 e. The van der Waals surface area contributed by atoms with Crippen LogP contribution in [-0.2, 0) is 13.6 Å². The largest absolute Gasteiger partial charge is 0.462 e. The molecule has 0 aliphatic carbocycles. The molecule has 1 aliphatic rings. The van der Waals surface area contributed by atoms with Gasteiger partial charge in [-0.2, -0.15) is 0 Å². The van der Waals surface area contributed by atoms with Gasteiger partial charge >= 0.3 is 5.97 Å². The van der Waals surface area contributed by atoms with Gasteiger partial charge in [-0.25, -0.2) is 4.79 Å². The average molecular weight is 571 g/mol. The van der Waals surface area contributed by atoms with Gasteiger partial charge < -0.3 is 13.6 Å². The van der Waals surface area contributed by atoms with Gasteiger partial charge in [-0.05, 0) is 57.0 Å².